The van der Waals surface area contributed by atoms with E-state index >= 15 is 0 Å². The third kappa shape index (κ3) is 3.51. The minimum Gasteiger partial charge on any atom is -0.0886 e. The summed E-state index contributed by atoms with van der Waals surface area (Å²) in [6.07, 6.45) is 5.36. The predicted molar refractivity (Wildman–Crippen MR) is 205 cm³/mol. The van der Waals surface area contributed by atoms with Crippen LogP contribution in [0.3, 0.4) is 0 Å². The van der Waals surface area contributed by atoms with Gasteiger partial charge in [0.15, 0.2) is 0 Å². The van der Waals surface area contributed by atoms with Crippen molar-refractivity contribution in [3.8, 4) is 11.1 Å². The molecule has 214 valence electrons. The van der Waals surface area contributed by atoms with Gasteiger partial charge in [-0.05, 0) is 98.6 Å². The van der Waals surface area contributed by atoms with Crippen molar-refractivity contribution in [3.05, 3.63) is 164 Å². The van der Waals surface area contributed by atoms with Crippen molar-refractivity contribution in [1.82, 2.24) is 0 Å². The monoisotopic (exact) mass is 600 g/mol. The van der Waals surface area contributed by atoms with Gasteiger partial charge in [0.05, 0.1) is 0 Å². The normalized spacial score (nSPS) is 12.4. The zero-order valence-electron chi connectivity index (χ0n) is 25.2. The zero-order chi connectivity index (χ0) is 30.4. The first-order chi connectivity index (χ1) is 22.7. The maximum Gasteiger partial charge on any atom is -0.00202 e. The van der Waals surface area contributed by atoms with Crippen LogP contribution in [0.1, 0.15) is 0 Å². The molecule has 0 amide bonds. The maximum atomic E-state index is 5.36. The average molecular weight is 601 g/mol. The van der Waals surface area contributed by atoms with Crippen LogP contribution in [0, 0.1) is 0 Å². The van der Waals surface area contributed by atoms with E-state index in [-0.39, 0.29) is 0 Å². The molecule has 0 unspecified atom stereocenters. The Balaban J connectivity index is 1.33. The quantitative estimate of drug-likeness (QED) is 0.139. The van der Waals surface area contributed by atoms with Gasteiger partial charge in [0.25, 0.3) is 0 Å². The minimum absolute atomic E-state index is 1.22. The van der Waals surface area contributed by atoms with Gasteiger partial charge in [0.1, 0.15) is 0 Å². The Morgan fingerprint density at radius 3 is 1.17 bits per heavy atom. The van der Waals surface area contributed by atoms with Crippen LogP contribution in [0.15, 0.2) is 164 Å². The van der Waals surface area contributed by atoms with Gasteiger partial charge < -0.3 is 0 Å². The van der Waals surface area contributed by atoms with Gasteiger partial charge in [-0.25, -0.2) is 0 Å². The minimum atomic E-state index is -2.40. The van der Waals surface area contributed by atoms with E-state index in [4.69, 9.17) is 6.30 Å². The van der Waals surface area contributed by atoms with Gasteiger partial charge in [-0.3, -0.25) is 0 Å². The number of hydrogen-bond acceptors (Lipinski definition) is 0. The van der Waals surface area contributed by atoms with Crippen LogP contribution in [0.25, 0.3) is 75.8 Å². The lowest BCUT2D eigenvalue weighted by Gasteiger charge is -2.30. The van der Waals surface area contributed by atoms with Crippen LogP contribution in [0.2, 0.25) is 0 Å². The van der Waals surface area contributed by atoms with Crippen LogP contribution < -0.4 is 15.9 Å². The van der Waals surface area contributed by atoms with Crippen molar-refractivity contribution in [1.29, 1.82) is 0 Å². The molecule has 0 bridgehead atoms. The Bertz CT molecular complexity index is 2620. The average Bonchev–Trinajstić information content (AvgIpc) is 3.13. The van der Waals surface area contributed by atoms with E-state index < -0.39 is 6.89 Å². The molecule has 0 radical (unpaired) electrons. The van der Waals surface area contributed by atoms with Gasteiger partial charge >= 0.3 is 0 Å². The molecule has 0 nitrogen and oxygen atoms in total. The number of rotatable bonds is 4. The molecule has 0 aliphatic heterocycles. The lowest BCUT2D eigenvalue weighted by Crippen LogP contribution is -2.26. The molecule has 46 heavy (non-hydrogen) atoms. The van der Waals surface area contributed by atoms with Crippen LogP contribution in [-0.2, 0) is 0 Å². The highest BCUT2D eigenvalue weighted by Gasteiger charge is 2.28. The first kappa shape index (κ1) is 25.9. The molecule has 0 spiro atoms. The fraction of sp³-hybridized carbons (Fsp3) is 0. The first-order valence-corrected chi connectivity index (χ1v) is 17.9. The summed E-state index contributed by atoms with van der Waals surface area (Å²) >= 11 is 0. The Kier molecular flexibility index (Phi) is 5.36. The summed E-state index contributed by atoms with van der Waals surface area (Å²) in [6.45, 7) is -2.40. The Morgan fingerprint density at radius 2 is 0.696 bits per heavy atom. The largest absolute Gasteiger partial charge is 0.0886 e. The summed E-state index contributed by atoms with van der Waals surface area (Å²) in [5.41, 5.74) is 2.45. The smallest absolute Gasteiger partial charge is 0.00202 e. The van der Waals surface area contributed by atoms with Crippen LogP contribution in [-0.4, -0.2) is 6.30 Å². The van der Waals surface area contributed by atoms with Gasteiger partial charge in [0.2, 0.25) is 0 Å². The second kappa shape index (κ2) is 9.54. The molecular weight excluding hydrogens is 571 g/mol. The molecule has 0 aromatic heterocycles. The molecule has 0 N–H and O–H groups in total. The van der Waals surface area contributed by atoms with E-state index in [0.717, 1.165) is 0 Å². The van der Waals surface area contributed by atoms with Crippen molar-refractivity contribution >= 4 is 93.7 Å². The predicted octanol–water partition coefficient (Wildman–Crippen LogP) is 10.9. The van der Waals surface area contributed by atoms with Gasteiger partial charge in [-0.2, -0.15) is 0 Å². The number of benzene rings is 10. The van der Waals surface area contributed by atoms with Crippen LogP contribution in [0.4, 0.5) is 0 Å². The molecule has 0 atom stereocenters. The molecular formula is C45H29P. The lowest BCUT2D eigenvalue weighted by atomic mass is 9.94. The van der Waals surface area contributed by atoms with Crippen molar-refractivity contribution in [2.24, 2.45) is 0 Å². The van der Waals surface area contributed by atoms with Crippen molar-refractivity contribution < 1.29 is 0 Å². The highest BCUT2D eigenvalue weighted by molar-refractivity contribution is 7.94. The summed E-state index contributed by atoms with van der Waals surface area (Å²) in [4.78, 5) is 0. The molecule has 0 heterocycles. The fourth-order valence-electron chi connectivity index (χ4n) is 8.05. The molecule has 1 heteroatoms. The van der Waals surface area contributed by atoms with E-state index in [0.29, 0.717) is 0 Å². The van der Waals surface area contributed by atoms with Crippen LogP contribution >= 0.6 is 6.89 Å². The summed E-state index contributed by atoms with van der Waals surface area (Å²) < 4.78 is 0. The first-order valence-electron chi connectivity index (χ1n) is 15.9. The fourth-order valence-corrected chi connectivity index (χ4v) is 11.4. The molecule has 10 aromatic rings. The third-order valence-corrected chi connectivity index (χ3v) is 13.9. The molecule has 0 fully saturated rings. The van der Waals surface area contributed by atoms with Gasteiger partial charge in [-0.15, -0.1) is 0 Å². The zero-order valence-corrected chi connectivity index (χ0v) is 26.1. The molecule has 0 saturated heterocycles. The highest BCUT2D eigenvalue weighted by atomic mass is 31.2. The SMILES string of the molecule is C=P(c1ccc(-c2ccccc2)cc1)(c1ccc2ccc3cccc4ccc1c2c34)c1ccc2ccc3cccc4ccc1c2c34. The van der Waals surface area contributed by atoms with Crippen molar-refractivity contribution in [3.63, 3.8) is 0 Å². The standard InChI is InChI=1S/C45H29P/c1-46(37-23-17-30(18-24-37)29-7-3-2-4-8-29,40-27-21-35-15-13-31-9-5-11-33-19-25-38(40)44(35)42(31)33)41-28-22-36-16-14-32-10-6-12-34-20-26-39(41)45(36)43(32)34/h2-28H,1H2. The van der Waals surface area contributed by atoms with E-state index in [1.165, 1.54) is 91.7 Å². The van der Waals surface area contributed by atoms with Gasteiger partial charge in [-0.1, -0.05) is 170 Å². The second-order valence-corrected chi connectivity index (χ2v) is 15.7. The highest BCUT2D eigenvalue weighted by Crippen LogP contribution is 2.49. The molecule has 0 aliphatic rings. The molecule has 0 saturated carbocycles. The van der Waals surface area contributed by atoms with E-state index in [1.54, 1.807) is 0 Å². The van der Waals surface area contributed by atoms with Crippen molar-refractivity contribution in [2.45, 2.75) is 0 Å². The Morgan fingerprint density at radius 1 is 0.304 bits per heavy atom. The Labute approximate surface area is 267 Å². The van der Waals surface area contributed by atoms with E-state index in [1.807, 2.05) is 0 Å². The van der Waals surface area contributed by atoms with E-state index in [9.17, 15) is 0 Å². The van der Waals surface area contributed by atoms with Crippen molar-refractivity contribution in [2.75, 3.05) is 0 Å². The maximum absolute atomic E-state index is 5.36. The second-order valence-electron chi connectivity index (χ2n) is 12.6. The topological polar surface area (TPSA) is 0 Å². The summed E-state index contributed by atoms with van der Waals surface area (Å²) in [7, 11) is 0. The summed E-state index contributed by atoms with van der Waals surface area (Å²) in [6, 6.07) is 61.1. The summed E-state index contributed by atoms with van der Waals surface area (Å²) in [5, 5.41) is 19.7. The number of hydrogen-bond donors (Lipinski definition) is 0. The Hall–Kier alpha value is -5.42. The third-order valence-electron chi connectivity index (χ3n) is 10.2. The van der Waals surface area contributed by atoms with Gasteiger partial charge in [0, 0.05) is 0 Å². The molecule has 10 aromatic carbocycles. The van der Waals surface area contributed by atoms with Crippen LogP contribution in [0.5, 0.6) is 0 Å². The lowest BCUT2D eigenvalue weighted by molar-refractivity contribution is 1.64. The molecule has 10 rings (SSSR count). The molecule has 0 aliphatic carbocycles. The summed E-state index contributed by atoms with van der Waals surface area (Å²) in [5.74, 6) is 0. The van der Waals surface area contributed by atoms with E-state index in [2.05, 4.69) is 164 Å².